The number of nitrogens with zero attached hydrogens (tertiary/aromatic N) is 2. The highest BCUT2D eigenvalue weighted by molar-refractivity contribution is 7.92. The Hall–Kier alpha value is -4.70. The smallest absolute Gasteiger partial charge is 0.264 e. The molecule has 8 nitrogen and oxygen atoms in total. The van der Waals surface area contributed by atoms with Crippen LogP contribution < -0.4 is 14.4 Å². The van der Waals surface area contributed by atoms with E-state index in [1.807, 2.05) is 67.6 Å². The van der Waals surface area contributed by atoms with Crippen LogP contribution in [0, 0.1) is 5.82 Å². The predicted molar refractivity (Wildman–Crippen MR) is 180 cm³/mol. The minimum absolute atomic E-state index is 0.0187. The Morgan fingerprint density at radius 3 is 2.04 bits per heavy atom. The number of hydrogen-bond acceptors (Lipinski definition) is 5. The van der Waals surface area contributed by atoms with Gasteiger partial charge in [0, 0.05) is 19.0 Å². The van der Waals surface area contributed by atoms with E-state index in [0.717, 1.165) is 53.2 Å². The van der Waals surface area contributed by atoms with Crippen LogP contribution in [0.1, 0.15) is 43.7 Å². The maximum absolute atomic E-state index is 14.5. The second kappa shape index (κ2) is 15.7. The zero-order valence-electron chi connectivity index (χ0n) is 26.4. The molecule has 0 radical (unpaired) electrons. The van der Waals surface area contributed by atoms with Crippen molar-refractivity contribution in [1.82, 2.24) is 10.2 Å². The number of rotatable bonds is 14. The number of anilines is 1. The monoisotopic (exact) mass is 657 g/mol. The Balaban J connectivity index is 1.54. The van der Waals surface area contributed by atoms with Crippen molar-refractivity contribution in [1.29, 1.82) is 0 Å². The van der Waals surface area contributed by atoms with Gasteiger partial charge in [0.1, 0.15) is 24.2 Å². The highest BCUT2D eigenvalue weighted by atomic mass is 32.2. The molecule has 0 bridgehead atoms. The Labute approximate surface area is 276 Å². The molecule has 1 aliphatic carbocycles. The summed E-state index contributed by atoms with van der Waals surface area (Å²) < 4.78 is 48.8. The van der Waals surface area contributed by atoms with E-state index in [1.165, 1.54) is 29.2 Å². The van der Waals surface area contributed by atoms with Crippen molar-refractivity contribution >= 4 is 27.5 Å². The van der Waals surface area contributed by atoms with Crippen LogP contribution >= 0.6 is 0 Å². The fraction of sp³-hybridized carbons (Fsp3) is 0.297. The van der Waals surface area contributed by atoms with Gasteiger partial charge in [-0.15, -0.1) is 0 Å². The first-order valence-electron chi connectivity index (χ1n) is 15.9. The molecule has 0 spiro atoms. The van der Waals surface area contributed by atoms with Crippen molar-refractivity contribution in [3.8, 4) is 5.75 Å². The number of benzene rings is 4. The summed E-state index contributed by atoms with van der Waals surface area (Å²) in [6, 6.07) is 28.7. The van der Waals surface area contributed by atoms with Crippen molar-refractivity contribution in [3.05, 3.63) is 126 Å². The van der Waals surface area contributed by atoms with Gasteiger partial charge in [0.15, 0.2) is 0 Å². The van der Waals surface area contributed by atoms with Crippen molar-refractivity contribution in [2.75, 3.05) is 17.5 Å². The average Bonchev–Trinajstić information content (AvgIpc) is 3.60. The minimum Gasteiger partial charge on any atom is -0.494 e. The van der Waals surface area contributed by atoms with E-state index in [9.17, 15) is 22.4 Å². The van der Waals surface area contributed by atoms with Crippen LogP contribution in [0.15, 0.2) is 114 Å². The van der Waals surface area contributed by atoms with Crippen molar-refractivity contribution in [2.24, 2.45) is 0 Å². The summed E-state index contributed by atoms with van der Waals surface area (Å²) in [5.41, 5.74) is 1.76. The Morgan fingerprint density at radius 2 is 1.45 bits per heavy atom. The highest BCUT2D eigenvalue weighted by Crippen LogP contribution is 2.27. The van der Waals surface area contributed by atoms with E-state index in [-0.39, 0.29) is 35.5 Å². The van der Waals surface area contributed by atoms with Crippen LogP contribution in [0.4, 0.5) is 10.1 Å². The van der Waals surface area contributed by atoms with Gasteiger partial charge in [0.05, 0.1) is 17.2 Å². The number of hydrogen-bond donors (Lipinski definition) is 1. The van der Waals surface area contributed by atoms with Gasteiger partial charge < -0.3 is 15.0 Å². The summed E-state index contributed by atoms with van der Waals surface area (Å²) in [5.74, 6) is -0.902. The van der Waals surface area contributed by atoms with E-state index < -0.39 is 34.3 Å². The van der Waals surface area contributed by atoms with E-state index in [4.69, 9.17) is 4.74 Å². The molecule has 1 saturated carbocycles. The standard InChI is InChI=1S/C37H40FN3O5S/c1-2-46-33-21-23-34(24-22-33)47(44,45)41(32-19-17-30(38)18-20-32)27-36(42)40(26-29-13-7-4-8-14-29)35(25-28-11-5-3-6-12-28)37(43)39-31-15-9-10-16-31/h3-8,11-14,17-24,31,35H,2,9-10,15-16,25-27H2,1H3,(H,39,43). The molecule has 1 N–H and O–H groups in total. The summed E-state index contributed by atoms with van der Waals surface area (Å²) in [4.78, 5) is 30.0. The first kappa shape index (κ1) is 33.7. The summed E-state index contributed by atoms with van der Waals surface area (Å²) in [6.45, 7) is 1.70. The normalized spacial score (nSPS) is 13.9. The average molecular weight is 658 g/mol. The third-order valence-electron chi connectivity index (χ3n) is 8.28. The maximum Gasteiger partial charge on any atom is 0.264 e. The van der Waals surface area contributed by atoms with Crippen LogP contribution in [0.25, 0.3) is 0 Å². The third kappa shape index (κ3) is 8.77. The summed E-state index contributed by atoms with van der Waals surface area (Å²) in [6.07, 6.45) is 4.03. The Bertz CT molecular complexity index is 1710. The molecule has 4 aromatic rings. The maximum atomic E-state index is 14.5. The van der Waals surface area contributed by atoms with Gasteiger partial charge in [0.2, 0.25) is 11.8 Å². The van der Waals surface area contributed by atoms with Crippen LogP contribution in [-0.2, 0) is 32.6 Å². The van der Waals surface area contributed by atoms with Gasteiger partial charge in [-0.2, -0.15) is 0 Å². The van der Waals surface area contributed by atoms with Crippen molar-refractivity contribution in [3.63, 3.8) is 0 Å². The molecule has 1 unspecified atom stereocenters. The van der Waals surface area contributed by atoms with E-state index in [2.05, 4.69) is 5.32 Å². The van der Waals surface area contributed by atoms with Crippen LogP contribution in [0.5, 0.6) is 5.75 Å². The Morgan fingerprint density at radius 1 is 0.851 bits per heavy atom. The number of sulfonamides is 1. The fourth-order valence-electron chi connectivity index (χ4n) is 5.84. The number of halogens is 1. The first-order chi connectivity index (χ1) is 22.7. The van der Waals surface area contributed by atoms with Gasteiger partial charge in [-0.05, 0) is 79.4 Å². The lowest BCUT2D eigenvalue weighted by atomic mass is 10.0. The molecule has 0 heterocycles. The van der Waals surface area contributed by atoms with Crippen molar-refractivity contribution < 1.29 is 27.1 Å². The number of nitrogens with one attached hydrogen (secondary N) is 1. The largest absolute Gasteiger partial charge is 0.494 e. The topological polar surface area (TPSA) is 96.0 Å². The molecule has 246 valence electrons. The summed E-state index contributed by atoms with van der Waals surface area (Å²) in [7, 11) is -4.32. The minimum atomic E-state index is -4.32. The van der Waals surface area contributed by atoms with Crippen LogP contribution in [-0.4, -0.2) is 50.4 Å². The zero-order valence-corrected chi connectivity index (χ0v) is 27.2. The highest BCUT2D eigenvalue weighted by Gasteiger charge is 2.35. The summed E-state index contributed by atoms with van der Waals surface area (Å²) >= 11 is 0. The molecule has 1 atom stereocenters. The molecule has 47 heavy (non-hydrogen) atoms. The van der Waals surface area contributed by atoms with E-state index >= 15 is 0 Å². The predicted octanol–water partition coefficient (Wildman–Crippen LogP) is 6.12. The van der Waals surface area contributed by atoms with Gasteiger partial charge in [-0.1, -0.05) is 73.5 Å². The van der Waals surface area contributed by atoms with Gasteiger partial charge in [-0.3, -0.25) is 13.9 Å². The molecule has 2 amide bonds. The molecule has 10 heteroatoms. The number of carbonyl (C=O) groups excluding carboxylic acids is 2. The molecule has 4 aromatic carbocycles. The lowest BCUT2D eigenvalue weighted by Gasteiger charge is -2.34. The van der Waals surface area contributed by atoms with Gasteiger partial charge in [0.25, 0.3) is 10.0 Å². The number of carbonyl (C=O) groups is 2. The second-order valence-electron chi connectivity index (χ2n) is 11.6. The molecule has 5 rings (SSSR count). The van der Waals surface area contributed by atoms with Gasteiger partial charge in [-0.25, -0.2) is 12.8 Å². The third-order valence-corrected chi connectivity index (χ3v) is 10.1. The number of amides is 2. The summed E-state index contributed by atoms with van der Waals surface area (Å²) in [5, 5.41) is 3.17. The molecule has 1 fully saturated rings. The second-order valence-corrected chi connectivity index (χ2v) is 13.5. The van der Waals surface area contributed by atoms with Crippen molar-refractivity contribution in [2.45, 2.75) is 62.6 Å². The van der Waals surface area contributed by atoms with E-state index in [1.54, 1.807) is 12.1 Å². The molecule has 0 saturated heterocycles. The molecular weight excluding hydrogens is 617 g/mol. The Kier molecular flexibility index (Phi) is 11.3. The molecule has 1 aliphatic rings. The van der Waals surface area contributed by atoms with Gasteiger partial charge >= 0.3 is 0 Å². The van der Waals surface area contributed by atoms with Crippen LogP contribution in [0.2, 0.25) is 0 Å². The molecule has 0 aromatic heterocycles. The lowest BCUT2D eigenvalue weighted by molar-refractivity contribution is -0.140. The number of ether oxygens (including phenoxy) is 1. The molecule has 0 aliphatic heterocycles. The van der Waals surface area contributed by atoms with E-state index in [0.29, 0.717) is 12.4 Å². The first-order valence-corrected chi connectivity index (χ1v) is 17.4. The SMILES string of the molecule is CCOc1ccc(S(=O)(=O)N(CC(=O)N(Cc2ccccc2)C(Cc2ccccc2)C(=O)NC2CCCC2)c2ccc(F)cc2)cc1. The lowest BCUT2D eigenvalue weighted by Crippen LogP contribution is -2.54. The zero-order chi connectivity index (χ0) is 33.2. The van der Waals surface area contributed by atoms with Crippen LogP contribution in [0.3, 0.4) is 0 Å². The fourth-order valence-corrected chi connectivity index (χ4v) is 7.25. The molecular formula is C37H40FN3O5S. The quantitative estimate of drug-likeness (QED) is 0.176.